The Hall–Kier alpha value is -5.12. The van der Waals surface area contributed by atoms with Crippen LogP contribution in [0.25, 0.3) is 0 Å². The van der Waals surface area contributed by atoms with Gasteiger partial charge in [0.15, 0.2) is 0 Å². The second kappa shape index (κ2) is 15.2. The number of phenolic OH excluding ortho intramolecular Hbond substituents is 1. The molecule has 0 radical (unpaired) electrons. The standard InChI is InChI=1S/C46H52N6O3/c1-32-7-18-43(45(54)47-32)52-31-36-29-38(13-16-42(36)46(52)55)51-27-23-49(24-28-51)20-19-48-21-25-50(26-22-48)37-11-8-34(9-12-37)44-40(33-5-3-2-4-6-33)15-10-35-30-39(53)14-17-41(35)44/h2-6,8-9,11-14,16-17,29-30,40,43-44,53H,1,7,10,15,18-28,31H2,(H,47,54)/t40-,43?,44+/m0/s1. The predicted octanol–water partition coefficient (Wildman–Crippen LogP) is 5.95. The monoisotopic (exact) mass is 736 g/mol. The number of nitrogens with zero attached hydrogens (tertiary/aromatic N) is 5. The first-order chi connectivity index (χ1) is 26.9. The summed E-state index contributed by atoms with van der Waals surface area (Å²) in [7, 11) is 0. The Balaban J connectivity index is 0.756. The van der Waals surface area contributed by atoms with Crippen molar-refractivity contribution < 1.29 is 14.7 Å². The number of piperidine rings is 1. The van der Waals surface area contributed by atoms with Crippen LogP contribution in [0.5, 0.6) is 5.75 Å². The van der Waals surface area contributed by atoms with E-state index in [4.69, 9.17) is 0 Å². The Morgan fingerprint density at radius 2 is 1.35 bits per heavy atom. The van der Waals surface area contributed by atoms with E-state index in [-0.39, 0.29) is 17.7 Å². The fourth-order valence-electron chi connectivity index (χ4n) is 9.75. The number of carbonyl (C=O) groups is 2. The molecule has 2 amide bonds. The molecule has 0 saturated carbocycles. The zero-order chi connectivity index (χ0) is 37.5. The summed E-state index contributed by atoms with van der Waals surface area (Å²) < 4.78 is 0. The van der Waals surface area contributed by atoms with Gasteiger partial charge in [-0.05, 0) is 102 Å². The first-order valence-electron chi connectivity index (χ1n) is 20.2. The fraction of sp³-hybridized carbons (Fsp3) is 0.391. The normalized spacial score (nSPS) is 23.5. The molecular formula is C46H52N6O3. The lowest BCUT2D eigenvalue weighted by molar-refractivity contribution is -0.126. The average Bonchev–Trinajstić information content (AvgIpc) is 3.55. The maximum atomic E-state index is 13.2. The van der Waals surface area contributed by atoms with Crippen LogP contribution >= 0.6 is 0 Å². The topological polar surface area (TPSA) is 82.6 Å². The van der Waals surface area contributed by atoms with E-state index in [9.17, 15) is 14.7 Å². The zero-order valence-corrected chi connectivity index (χ0v) is 31.7. The second-order valence-corrected chi connectivity index (χ2v) is 16.1. The number of fused-ring (bicyclic) bond motifs is 2. The molecule has 1 unspecified atom stereocenters. The van der Waals surface area contributed by atoms with Gasteiger partial charge in [0.25, 0.3) is 5.91 Å². The smallest absolute Gasteiger partial charge is 0.255 e. The molecule has 1 aliphatic carbocycles. The highest BCUT2D eigenvalue weighted by Crippen LogP contribution is 2.47. The second-order valence-electron chi connectivity index (χ2n) is 16.1. The van der Waals surface area contributed by atoms with Gasteiger partial charge in [-0.2, -0.15) is 0 Å². The number of aromatic hydroxyl groups is 1. The van der Waals surface area contributed by atoms with Crippen molar-refractivity contribution in [2.75, 3.05) is 75.2 Å². The minimum absolute atomic E-state index is 0.0423. The molecule has 3 saturated heterocycles. The van der Waals surface area contributed by atoms with Crippen LogP contribution in [0.1, 0.15) is 69.3 Å². The highest BCUT2D eigenvalue weighted by molar-refractivity contribution is 6.01. The number of nitrogens with one attached hydrogen (secondary N) is 1. The molecule has 0 aromatic heterocycles. The van der Waals surface area contributed by atoms with E-state index in [1.54, 1.807) is 4.90 Å². The van der Waals surface area contributed by atoms with Crippen molar-refractivity contribution in [3.63, 3.8) is 0 Å². The lowest BCUT2D eigenvalue weighted by Crippen LogP contribution is -2.51. The number of phenols is 1. The first kappa shape index (κ1) is 35.6. The van der Waals surface area contributed by atoms with Gasteiger partial charge in [-0.1, -0.05) is 55.1 Å². The van der Waals surface area contributed by atoms with E-state index in [1.807, 2.05) is 18.2 Å². The maximum Gasteiger partial charge on any atom is 0.255 e. The Bertz CT molecular complexity index is 2050. The molecule has 4 aromatic carbocycles. The Morgan fingerprint density at radius 3 is 2.04 bits per heavy atom. The number of hydrogen-bond donors (Lipinski definition) is 2. The molecule has 55 heavy (non-hydrogen) atoms. The van der Waals surface area contributed by atoms with Crippen LogP contribution in [0, 0.1) is 0 Å². The summed E-state index contributed by atoms with van der Waals surface area (Å²) in [6.07, 6.45) is 3.39. The molecule has 4 heterocycles. The summed E-state index contributed by atoms with van der Waals surface area (Å²) in [4.78, 5) is 37.7. The molecule has 5 aliphatic rings. The van der Waals surface area contributed by atoms with Crippen molar-refractivity contribution in [2.45, 2.75) is 50.1 Å². The maximum absolute atomic E-state index is 13.2. The van der Waals surface area contributed by atoms with Gasteiger partial charge in [-0.25, -0.2) is 0 Å². The third kappa shape index (κ3) is 7.23. The van der Waals surface area contributed by atoms with Gasteiger partial charge in [0.2, 0.25) is 5.91 Å². The molecule has 0 spiro atoms. The lowest BCUT2D eigenvalue weighted by Gasteiger charge is -2.39. The number of allylic oxidation sites excluding steroid dienone is 1. The molecule has 3 fully saturated rings. The molecule has 9 heteroatoms. The van der Waals surface area contributed by atoms with Crippen molar-refractivity contribution in [1.82, 2.24) is 20.0 Å². The molecule has 4 aliphatic heterocycles. The van der Waals surface area contributed by atoms with Crippen LogP contribution in [0.4, 0.5) is 11.4 Å². The van der Waals surface area contributed by atoms with E-state index < -0.39 is 6.04 Å². The summed E-state index contributed by atoms with van der Waals surface area (Å²) in [5, 5.41) is 13.1. The highest BCUT2D eigenvalue weighted by atomic mass is 16.3. The summed E-state index contributed by atoms with van der Waals surface area (Å²) >= 11 is 0. The summed E-state index contributed by atoms with van der Waals surface area (Å²) in [6, 6.07) is 32.0. The molecule has 9 nitrogen and oxygen atoms in total. The minimum atomic E-state index is -0.427. The summed E-state index contributed by atoms with van der Waals surface area (Å²) in [5.74, 6) is 0.868. The van der Waals surface area contributed by atoms with Crippen LogP contribution in [0.3, 0.4) is 0 Å². The van der Waals surface area contributed by atoms with E-state index in [0.29, 0.717) is 31.1 Å². The number of hydrogen-bond acceptors (Lipinski definition) is 7. The van der Waals surface area contributed by atoms with E-state index in [1.165, 1.54) is 33.6 Å². The van der Waals surface area contributed by atoms with Gasteiger partial charge in [-0.3, -0.25) is 19.4 Å². The molecule has 9 rings (SSSR count). The average molecular weight is 737 g/mol. The summed E-state index contributed by atoms with van der Waals surface area (Å²) in [5.41, 5.74) is 10.3. The van der Waals surface area contributed by atoms with Gasteiger partial charge in [0, 0.05) is 101 Å². The van der Waals surface area contributed by atoms with Crippen LogP contribution in [-0.4, -0.2) is 103 Å². The van der Waals surface area contributed by atoms with Gasteiger partial charge in [0.05, 0.1) is 0 Å². The van der Waals surface area contributed by atoms with Gasteiger partial charge < -0.3 is 25.1 Å². The lowest BCUT2D eigenvalue weighted by atomic mass is 9.69. The fourth-order valence-corrected chi connectivity index (χ4v) is 9.75. The van der Waals surface area contributed by atoms with Crippen molar-refractivity contribution in [2.24, 2.45) is 0 Å². The quantitative estimate of drug-likeness (QED) is 0.232. The van der Waals surface area contributed by atoms with Crippen LogP contribution in [0.2, 0.25) is 0 Å². The third-order valence-electron chi connectivity index (χ3n) is 12.9. The Morgan fingerprint density at radius 1 is 0.673 bits per heavy atom. The van der Waals surface area contributed by atoms with Crippen LogP contribution in [0.15, 0.2) is 103 Å². The van der Waals surface area contributed by atoms with Crippen molar-refractivity contribution in [1.29, 1.82) is 0 Å². The van der Waals surface area contributed by atoms with Crippen LogP contribution < -0.4 is 15.1 Å². The van der Waals surface area contributed by atoms with E-state index in [0.717, 1.165) is 95.1 Å². The van der Waals surface area contributed by atoms with Crippen LogP contribution in [-0.2, 0) is 17.8 Å². The SMILES string of the molecule is C=C1CCC(N2Cc3cc(N4CCN(CCN5CCN(c6ccc([C@H]7c8ccc(O)cc8CC[C@H]7c7ccccc7)cc6)CC5)CC4)ccc3C2=O)C(=O)N1. The molecule has 4 aromatic rings. The molecule has 284 valence electrons. The van der Waals surface area contributed by atoms with E-state index in [2.05, 4.69) is 104 Å². The predicted molar refractivity (Wildman–Crippen MR) is 218 cm³/mol. The van der Waals surface area contributed by atoms with Gasteiger partial charge in [-0.15, -0.1) is 0 Å². The van der Waals surface area contributed by atoms with Crippen molar-refractivity contribution in [3.05, 3.63) is 137 Å². The largest absolute Gasteiger partial charge is 0.508 e. The molecular weight excluding hydrogens is 685 g/mol. The molecule has 0 bridgehead atoms. The number of amides is 2. The zero-order valence-electron chi connectivity index (χ0n) is 31.7. The minimum Gasteiger partial charge on any atom is -0.508 e. The van der Waals surface area contributed by atoms with Crippen molar-refractivity contribution in [3.8, 4) is 5.75 Å². The van der Waals surface area contributed by atoms with Gasteiger partial charge in [0.1, 0.15) is 11.8 Å². The Kier molecular flexibility index (Phi) is 9.83. The highest BCUT2D eigenvalue weighted by Gasteiger charge is 2.38. The summed E-state index contributed by atoms with van der Waals surface area (Å²) in [6.45, 7) is 14.7. The first-order valence-corrected chi connectivity index (χ1v) is 20.2. The Labute approximate surface area is 324 Å². The van der Waals surface area contributed by atoms with Crippen molar-refractivity contribution >= 4 is 23.2 Å². The number of anilines is 2. The number of rotatable bonds is 8. The van der Waals surface area contributed by atoms with E-state index >= 15 is 0 Å². The van der Waals surface area contributed by atoms with Gasteiger partial charge >= 0.3 is 0 Å². The number of piperazine rings is 2. The molecule has 3 atom stereocenters. The molecule has 2 N–H and O–H groups in total. The number of aryl methyl sites for hydroxylation is 1. The third-order valence-corrected chi connectivity index (χ3v) is 12.9. The number of benzene rings is 4. The number of carbonyl (C=O) groups excluding carboxylic acids is 2.